The van der Waals surface area contributed by atoms with E-state index in [0.29, 0.717) is 18.4 Å². The Labute approximate surface area is 195 Å². The normalized spacial score (nSPS) is 14.5. The number of halogens is 1. The predicted octanol–water partition coefficient (Wildman–Crippen LogP) is 4.37. The quantitative estimate of drug-likeness (QED) is 0.479. The van der Waals surface area contributed by atoms with Gasteiger partial charge in [0.15, 0.2) is 0 Å². The summed E-state index contributed by atoms with van der Waals surface area (Å²) in [5.41, 5.74) is 2.28. The second-order valence-corrected chi connectivity index (χ2v) is 9.16. The fourth-order valence-electron chi connectivity index (χ4n) is 4.12. The van der Waals surface area contributed by atoms with Crippen molar-refractivity contribution in [3.63, 3.8) is 0 Å². The van der Waals surface area contributed by atoms with Gasteiger partial charge in [0.25, 0.3) is 0 Å². The highest BCUT2D eigenvalue weighted by Crippen LogP contribution is 2.21. The van der Waals surface area contributed by atoms with Crippen LogP contribution in [-0.4, -0.2) is 47.5 Å². The first-order chi connectivity index (χ1) is 16.1. The van der Waals surface area contributed by atoms with Crippen molar-refractivity contribution in [2.75, 3.05) is 31.1 Å². The number of aromatic nitrogens is 3. The molecule has 7 heteroatoms. The Kier molecular flexibility index (Phi) is 7.94. The van der Waals surface area contributed by atoms with Gasteiger partial charge >= 0.3 is 0 Å². The Morgan fingerprint density at radius 3 is 2.42 bits per heavy atom. The van der Waals surface area contributed by atoms with Crippen LogP contribution in [0.1, 0.15) is 43.6 Å². The Bertz CT molecular complexity index is 981. The second-order valence-electron chi connectivity index (χ2n) is 9.16. The summed E-state index contributed by atoms with van der Waals surface area (Å²) < 4.78 is 19.0. The molecule has 0 atom stereocenters. The fraction of sp³-hybridized carbons (Fsp3) is 0.462. The fourth-order valence-corrected chi connectivity index (χ4v) is 4.12. The minimum atomic E-state index is -0.202. The highest BCUT2D eigenvalue weighted by atomic mass is 19.1. The molecule has 33 heavy (non-hydrogen) atoms. The molecule has 176 valence electrons. The van der Waals surface area contributed by atoms with Crippen LogP contribution in [0.2, 0.25) is 0 Å². The molecule has 0 aliphatic carbocycles. The standard InChI is InChI=1S/C26H34FN5O/c1-19(2)18-33-24-9-5-21(6-10-24)17-25-29-26(31-30-25)32(23-11-14-28-15-12-23)16-13-20-3-7-22(27)8-4-20/h3-10,19,23,28H,11-18H2,1-2H3,(H,29,30,31). The van der Waals surface area contributed by atoms with E-state index in [0.717, 1.165) is 74.2 Å². The lowest BCUT2D eigenvalue weighted by Gasteiger charge is -2.34. The van der Waals surface area contributed by atoms with E-state index < -0.39 is 0 Å². The zero-order valence-electron chi connectivity index (χ0n) is 19.6. The van der Waals surface area contributed by atoms with Gasteiger partial charge in [-0.3, -0.25) is 5.10 Å². The van der Waals surface area contributed by atoms with Gasteiger partial charge in [-0.2, -0.15) is 4.98 Å². The van der Waals surface area contributed by atoms with Crippen LogP contribution in [0.15, 0.2) is 48.5 Å². The summed E-state index contributed by atoms with van der Waals surface area (Å²) >= 11 is 0. The Balaban J connectivity index is 1.42. The van der Waals surface area contributed by atoms with Crippen LogP contribution in [0.5, 0.6) is 5.75 Å². The second kappa shape index (κ2) is 11.3. The van der Waals surface area contributed by atoms with E-state index in [1.807, 2.05) is 24.3 Å². The molecule has 2 heterocycles. The zero-order valence-corrected chi connectivity index (χ0v) is 19.6. The van der Waals surface area contributed by atoms with Crippen molar-refractivity contribution in [2.24, 2.45) is 5.92 Å². The summed E-state index contributed by atoms with van der Waals surface area (Å²) in [4.78, 5) is 7.15. The molecular formula is C26H34FN5O. The topological polar surface area (TPSA) is 66.1 Å². The van der Waals surface area contributed by atoms with Crippen LogP contribution in [0.25, 0.3) is 0 Å². The summed E-state index contributed by atoms with van der Waals surface area (Å²) in [6, 6.07) is 15.3. The van der Waals surface area contributed by atoms with Gasteiger partial charge in [-0.25, -0.2) is 4.39 Å². The van der Waals surface area contributed by atoms with Gasteiger partial charge in [0, 0.05) is 19.0 Å². The lowest BCUT2D eigenvalue weighted by molar-refractivity contribution is 0.271. The lowest BCUT2D eigenvalue weighted by Crippen LogP contribution is -2.44. The molecule has 0 amide bonds. The average molecular weight is 452 g/mol. The van der Waals surface area contributed by atoms with E-state index in [1.165, 1.54) is 12.1 Å². The molecule has 0 spiro atoms. The maximum absolute atomic E-state index is 13.3. The van der Waals surface area contributed by atoms with E-state index in [-0.39, 0.29) is 5.82 Å². The number of nitrogens with zero attached hydrogens (tertiary/aromatic N) is 3. The summed E-state index contributed by atoms with van der Waals surface area (Å²) in [5, 5.41) is 11.1. The Morgan fingerprint density at radius 2 is 1.73 bits per heavy atom. The number of benzene rings is 2. The average Bonchev–Trinajstić information content (AvgIpc) is 3.29. The summed E-state index contributed by atoms with van der Waals surface area (Å²) in [5.74, 6) is 2.79. The molecule has 0 unspecified atom stereocenters. The van der Waals surface area contributed by atoms with Crippen LogP contribution in [0, 0.1) is 11.7 Å². The number of rotatable bonds is 10. The minimum absolute atomic E-state index is 0.202. The third-order valence-corrected chi connectivity index (χ3v) is 5.96. The molecule has 2 N–H and O–H groups in total. The third kappa shape index (κ3) is 6.78. The summed E-state index contributed by atoms with van der Waals surface area (Å²) in [6.45, 7) is 7.80. The Hall–Kier alpha value is -2.93. The molecule has 4 rings (SSSR count). The first-order valence-corrected chi connectivity index (χ1v) is 11.9. The number of H-pyrrole nitrogens is 1. The van der Waals surface area contributed by atoms with Crippen molar-refractivity contribution in [2.45, 2.75) is 45.6 Å². The van der Waals surface area contributed by atoms with Crippen LogP contribution >= 0.6 is 0 Å². The van der Waals surface area contributed by atoms with Gasteiger partial charge in [-0.1, -0.05) is 38.1 Å². The molecule has 0 radical (unpaired) electrons. The molecule has 1 saturated heterocycles. The third-order valence-electron chi connectivity index (χ3n) is 5.96. The number of hydrogen-bond acceptors (Lipinski definition) is 5. The van der Waals surface area contributed by atoms with Crippen molar-refractivity contribution >= 4 is 5.95 Å². The molecule has 2 aromatic carbocycles. The van der Waals surface area contributed by atoms with Crippen molar-refractivity contribution in [1.29, 1.82) is 0 Å². The van der Waals surface area contributed by atoms with Gasteiger partial charge in [-0.15, -0.1) is 5.10 Å². The molecule has 1 aliphatic heterocycles. The number of nitrogens with one attached hydrogen (secondary N) is 2. The molecule has 0 bridgehead atoms. The monoisotopic (exact) mass is 451 g/mol. The van der Waals surface area contributed by atoms with E-state index in [9.17, 15) is 4.39 Å². The largest absolute Gasteiger partial charge is 0.493 e. The highest BCUT2D eigenvalue weighted by Gasteiger charge is 2.24. The van der Waals surface area contributed by atoms with Crippen molar-refractivity contribution in [3.05, 3.63) is 71.3 Å². The van der Waals surface area contributed by atoms with Gasteiger partial charge in [-0.05, 0) is 73.7 Å². The van der Waals surface area contributed by atoms with Crippen LogP contribution in [0.3, 0.4) is 0 Å². The van der Waals surface area contributed by atoms with Gasteiger partial charge in [0.05, 0.1) is 6.61 Å². The molecule has 3 aromatic rings. The van der Waals surface area contributed by atoms with Crippen LogP contribution in [-0.2, 0) is 12.8 Å². The number of ether oxygens (including phenoxy) is 1. The van der Waals surface area contributed by atoms with Crippen LogP contribution in [0.4, 0.5) is 10.3 Å². The lowest BCUT2D eigenvalue weighted by atomic mass is 10.0. The van der Waals surface area contributed by atoms with Gasteiger partial charge in [0.2, 0.25) is 5.95 Å². The first-order valence-electron chi connectivity index (χ1n) is 11.9. The maximum Gasteiger partial charge on any atom is 0.244 e. The first kappa shape index (κ1) is 23.2. The number of aromatic amines is 1. The zero-order chi connectivity index (χ0) is 23.0. The molecule has 1 aliphatic rings. The van der Waals surface area contributed by atoms with E-state index in [2.05, 4.69) is 46.4 Å². The van der Waals surface area contributed by atoms with Crippen molar-refractivity contribution < 1.29 is 9.13 Å². The van der Waals surface area contributed by atoms with Crippen LogP contribution < -0.4 is 15.0 Å². The number of piperidine rings is 1. The highest BCUT2D eigenvalue weighted by molar-refractivity contribution is 5.34. The van der Waals surface area contributed by atoms with E-state index >= 15 is 0 Å². The smallest absolute Gasteiger partial charge is 0.244 e. The van der Waals surface area contributed by atoms with E-state index in [4.69, 9.17) is 9.72 Å². The summed E-state index contributed by atoms with van der Waals surface area (Å²) in [6.07, 6.45) is 3.64. The molecule has 1 aromatic heterocycles. The molecule has 6 nitrogen and oxygen atoms in total. The molecular weight excluding hydrogens is 417 g/mol. The number of hydrogen-bond donors (Lipinski definition) is 2. The van der Waals surface area contributed by atoms with Gasteiger partial charge < -0.3 is 15.0 Å². The van der Waals surface area contributed by atoms with Crippen molar-refractivity contribution in [3.8, 4) is 5.75 Å². The SMILES string of the molecule is CC(C)COc1ccc(Cc2nc(N(CCc3ccc(F)cc3)C3CCNCC3)n[nH]2)cc1. The summed E-state index contributed by atoms with van der Waals surface area (Å²) in [7, 11) is 0. The van der Waals surface area contributed by atoms with Crippen molar-refractivity contribution in [1.82, 2.24) is 20.5 Å². The molecule has 1 fully saturated rings. The molecule has 0 saturated carbocycles. The predicted molar refractivity (Wildman–Crippen MR) is 129 cm³/mol. The number of anilines is 1. The van der Waals surface area contributed by atoms with Gasteiger partial charge in [0.1, 0.15) is 17.4 Å². The minimum Gasteiger partial charge on any atom is -0.493 e. The Morgan fingerprint density at radius 1 is 1.03 bits per heavy atom. The van der Waals surface area contributed by atoms with E-state index in [1.54, 1.807) is 0 Å². The maximum atomic E-state index is 13.3.